The molecule has 130 valence electrons. The summed E-state index contributed by atoms with van der Waals surface area (Å²) in [6, 6.07) is 0.0396. The van der Waals surface area contributed by atoms with Crippen LogP contribution in [0, 0.1) is 5.92 Å². The molecule has 2 fully saturated rings. The van der Waals surface area contributed by atoms with E-state index in [1.165, 1.54) is 7.11 Å². The van der Waals surface area contributed by atoms with Gasteiger partial charge in [-0.2, -0.15) is 0 Å². The van der Waals surface area contributed by atoms with Gasteiger partial charge in [-0.1, -0.05) is 0 Å². The van der Waals surface area contributed by atoms with E-state index >= 15 is 0 Å². The maximum absolute atomic E-state index is 12.4. The summed E-state index contributed by atoms with van der Waals surface area (Å²) < 4.78 is 4.78. The van der Waals surface area contributed by atoms with Crippen LogP contribution in [-0.2, 0) is 19.1 Å². The second kappa shape index (κ2) is 5.80. The van der Waals surface area contributed by atoms with Gasteiger partial charge in [0.1, 0.15) is 0 Å². The molecule has 0 saturated carbocycles. The third-order valence-electron chi connectivity index (χ3n) is 5.13. The maximum atomic E-state index is 12.4. The van der Waals surface area contributed by atoms with Crippen LogP contribution in [0.3, 0.4) is 0 Å². The first-order valence-electron chi connectivity index (χ1n) is 8.18. The van der Waals surface area contributed by atoms with Gasteiger partial charge in [0, 0.05) is 37.0 Å². The van der Waals surface area contributed by atoms with Gasteiger partial charge in [-0.3, -0.25) is 14.4 Å². The van der Waals surface area contributed by atoms with Gasteiger partial charge in [-0.25, -0.2) is 0 Å². The monoisotopic (exact) mass is 324 g/mol. The van der Waals surface area contributed by atoms with Crippen molar-refractivity contribution in [3.05, 3.63) is 0 Å². The Morgan fingerprint density at radius 2 is 1.65 bits per heavy atom. The first-order chi connectivity index (χ1) is 10.5. The second-order valence-corrected chi connectivity index (χ2v) is 8.01. The van der Waals surface area contributed by atoms with Gasteiger partial charge in [0.2, 0.25) is 11.8 Å². The molecule has 2 amide bonds. The quantitative estimate of drug-likeness (QED) is 0.723. The summed E-state index contributed by atoms with van der Waals surface area (Å²) in [6.07, 6.45) is 1.66. The topological polar surface area (TPSA) is 66.9 Å². The Morgan fingerprint density at radius 3 is 2.09 bits per heavy atom. The van der Waals surface area contributed by atoms with Gasteiger partial charge in [0.15, 0.2) is 0 Å². The molecule has 0 aromatic heterocycles. The van der Waals surface area contributed by atoms with Crippen LogP contribution in [-0.4, -0.2) is 58.4 Å². The summed E-state index contributed by atoms with van der Waals surface area (Å²) in [5.74, 6) is -0.628. The van der Waals surface area contributed by atoms with E-state index in [9.17, 15) is 14.4 Å². The van der Waals surface area contributed by atoms with E-state index in [0.717, 1.165) is 12.8 Å². The summed E-state index contributed by atoms with van der Waals surface area (Å²) in [7, 11) is 1.35. The van der Waals surface area contributed by atoms with Gasteiger partial charge in [0.25, 0.3) is 0 Å². The zero-order chi connectivity index (χ0) is 17.6. The van der Waals surface area contributed by atoms with Crippen LogP contribution >= 0.6 is 0 Å². The molecule has 0 aromatic carbocycles. The number of hydrogen-bond donors (Lipinski definition) is 0. The Hall–Kier alpha value is -1.59. The van der Waals surface area contributed by atoms with E-state index in [1.807, 2.05) is 37.5 Å². The van der Waals surface area contributed by atoms with Gasteiger partial charge in [0.05, 0.1) is 13.0 Å². The third kappa shape index (κ3) is 3.21. The van der Waals surface area contributed by atoms with E-state index in [0.29, 0.717) is 6.54 Å². The molecule has 1 unspecified atom stereocenters. The molecular weight excluding hydrogens is 296 g/mol. The molecule has 0 N–H and O–H groups in total. The summed E-state index contributed by atoms with van der Waals surface area (Å²) in [5.41, 5.74) is -0.663. The number of hydrogen-bond acceptors (Lipinski definition) is 4. The SMILES string of the molecule is COC(=O)C1CC(=O)N(C2CC(C)(C)N(C(C)=O)C(C)(C)C2)C1. The molecule has 6 heteroatoms. The van der Waals surface area contributed by atoms with Crippen molar-refractivity contribution in [1.82, 2.24) is 9.80 Å². The lowest BCUT2D eigenvalue weighted by molar-refractivity contribution is -0.151. The molecular formula is C17H28N2O4. The van der Waals surface area contributed by atoms with Crippen LogP contribution in [0.25, 0.3) is 0 Å². The zero-order valence-corrected chi connectivity index (χ0v) is 15.0. The molecule has 1 atom stereocenters. The number of nitrogens with zero attached hydrogens (tertiary/aromatic N) is 2. The predicted molar refractivity (Wildman–Crippen MR) is 85.5 cm³/mol. The molecule has 2 aliphatic rings. The van der Waals surface area contributed by atoms with Crippen molar-refractivity contribution in [3.8, 4) is 0 Å². The van der Waals surface area contributed by atoms with Crippen molar-refractivity contribution in [2.24, 2.45) is 5.92 Å². The standard InChI is InChI=1S/C17H28N2O4/c1-11(20)19-16(2,3)8-13(9-17(19,4)5)18-10-12(7-14(18)21)15(22)23-6/h12-13H,7-10H2,1-6H3. The first kappa shape index (κ1) is 17.8. The average molecular weight is 324 g/mol. The minimum absolute atomic E-state index is 0.00766. The van der Waals surface area contributed by atoms with Crippen LogP contribution in [0.5, 0.6) is 0 Å². The molecule has 0 radical (unpaired) electrons. The van der Waals surface area contributed by atoms with Crippen molar-refractivity contribution in [2.45, 2.75) is 71.0 Å². The summed E-state index contributed by atoms with van der Waals surface area (Å²) in [6.45, 7) is 10.2. The van der Waals surface area contributed by atoms with Gasteiger partial charge in [-0.05, 0) is 40.5 Å². The Balaban J connectivity index is 2.21. The lowest BCUT2D eigenvalue weighted by atomic mass is 9.76. The molecule has 23 heavy (non-hydrogen) atoms. The first-order valence-corrected chi connectivity index (χ1v) is 8.18. The number of methoxy groups -OCH3 is 1. The lowest BCUT2D eigenvalue weighted by Gasteiger charge is -2.56. The van der Waals surface area contributed by atoms with Crippen LogP contribution in [0.15, 0.2) is 0 Å². The Bertz CT molecular complexity index is 509. The van der Waals surface area contributed by atoms with Crippen LogP contribution < -0.4 is 0 Å². The number of amides is 2. The number of carbonyl (C=O) groups is 3. The number of piperidine rings is 1. The molecule has 0 bridgehead atoms. The summed E-state index contributed by atoms with van der Waals surface area (Å²) in [4.78, 5) is 39.9. The van der Waals surface area contributed by atoms with E-state index < -0.39 is 0 Å². The average Bonchev–Trinajstić information content (AvgIpc) is 2.76. The van der Waals surface area contributed by atoms with Crippen molar-refractivity contribution < 1.29 is 19.1 Å². The number of ether oxygens (including phenoxy) is 1. The van der Waals surface area contributed by atoms with Gasteiger partial charge < -0.3 is 14.5 Å². The largest absolute Gasteiger partial charge is 0.469 e. The molecule has 6 nitrogen and oxygen atoms in total. The second-order valence-electron chi connectivity index (χ2n) is 8.01. The Morgan fingerprint density at radius 1 is 1.13 bits per heavy atom. The van der Waals surface area contributed by atoms with Crippen molar-refractivity contribution in [3.63, 3.8) is 0 Å². The fourth-order valence-electron chi connectivity index (χ4n) is 4.71. The molecule has 2 aliphatic heterocycles. The van der Waals surface area contributed by atoms with E-state index in [4.69, 9.17) is 4.74 Å². The highest BCUT2D eigenvalue weighted by atomic mass is 16.5. The highest BCUT2D eigenvalue weighted by molar-refractivity contribution is 5.87. The minimum atomic E-state index is -0.371. The predicted octanol–water partition coefficient (Wildman–Crippen LogP) is 1.58. The fourth-order valence-corrected chi connectivity index (χ4v) is 4.71. The van der Waals surface area contributed by atoms with E-state index in [-0.39, 0.29) is 47.2 Å². The van der Waals surface area contributed by atoms with E-state index in [1.54, 1.807) is 6.92 Å². The van der Waals surface area contributed by atoms with Crippen LogP contribution in [0.1, 0.15) is 53.9 Å². The number of esters is 1. The molecule has 0 aromatic rings. The normalized spacial score (nSPS) is 27.2. The van der Waals surface area contributed by atoms with E-state index in [2.05, 4.69) is 0 Å². The summed E-state index contributed by atoms with van der Waals surface area (Å²) in [5, 5.41) is 0. The van der Waals surface area contributed by atoms with Gasteiger partial charge in [-0.15, -0.1) is 0 Å². The molecule has 2 rings (SSSR count). The smallest absolute Gasteiger partial charge is 0.310 e. The molecule has 0 aliphatic carbocycles. The summed E-state index contributed by atoms with van der Waals surface area (Å²) >= 11 is 0. The Kier molecular flexibility index (Phi) is 4.48. The fraction of sp³-hybridized carbons (Fsp3) is 0.824. The van der Waals surface area contributed by atoms with Crippen LogP contribution in [0.4, 0.5) is 0 Å². The number of carbonyl (C=O) groups excluding carboxylic acids is 3. The number of rotatable bonds is 2. The maximum Gasteiger partial charge on any atom is 0.310 e. The number of likely N-dealkylation sites (tertiary alicyclic amines) is 2. The molecule has 2 saturated heterocycles. The molecule has 2 heterocycles. The van der Waals surface area contributed by atoms with Crippen molar-refractivity contribution in [1.29, 1.82) is 0 Å². The zero-order valence-electron chi connectivity index (χ0n) is 15.0. The third-order valence-corrected chi connectivity index (χ3v) is 5.13. The minimum Gasteiger partial charge on any atom is -0.469 e. The Labute approximate surface area is 138 Å². The lowest BCUT2D eigenvalue weighted by Crippen LogP contribution is -2.65. The van der Waals surface area contributed by atoms with Crippen molar-refractivity contribution in [2.75, 3.05) is 13.7 Å². The molecule has 0 spiro atoms. The van der Waals surface area contributed by atoms with Crippen LogP contribution in [0.2, 0.25) is 0 Å². The van der Waals surface area contributed by atoms with Crippen molar-refractivity contribution >= 4 is 17.8 Å². The highest BCUT2D eigenvalue weighted by Gasteiger charge is 2.50. The highest BCUT2D eigenvalue weighted by Crippen LogP contribution is 2.41. The van der Waals surface area contributed by atoms with Gasteiger partial charge >= 0.3 is 5.97 Å².